The predicted molar refractivity (Wildman–Crippen MR) is 71.3 cm³/mol. The van der Waals surface area contributed by atoms with Gasteiger partial charge in [-0.3, -0.25) is 4.79 Å². The van der Waals surface area contributed by atoms with Crippen molar-refractivity contribution in [3.05, 3.63) is 36.0 Å². The van der Waals surface area contributed by atoms with Gasteiger partial charge >= 0.3 is 5.97 Å². The molecule has 0 amide bonds. The number of carbonyl (C=O) groups excluding carboxylic acids is 1. The van der Waals surface area contributed by atoms with Gasteiger partial charge in [0.25, 0.3) is 0 Å². The first-order valence-corrected chi connectivity index (χ1v) is 6.14. The fourth-order valence-electron chi connectivity index (χ4n) is 1.99. The quantitative estimate of drug-likeness (QED) is 0.607. The van der Waals surface area contributed by atoms with E-state index in [1.807, 2.05) is 12.3 Å². The molecule has 4 heteroatoms. The number of fused-ring (bicyclic) bond motifs is 1. The number of nitrogens with one attached hydrogen (secondary N) is 2. The highest BCUT2D eigenvalue weighted by Crippen LogP contribution is 2.16. The van der Waals surface area contributed by atoms with E-state index in [4.69, 9.17) is 0 Å². The Hall–Kier alpha value is -1.81. The van der Waals surface area contributed by atoms with Crippen molar-refractivity contribution >= 4 is 16.9 Å². The minimum Gasteiger partial charge on any atom is -0.469 e. The third-order valence-corrected chi connectivity index (χ3v) is 2.96. The highest BCUT2D eigenvalue weighted by molar-refractivity contribution is 5.82. The molecule has 0 aliphatic rings. The maximum atomic E-state index is 10.9. The standard InChI is InChI=1S/C14H18N2O2/c1-18-14(17)6-3-8-15-10-11-4-2-5-13-12(11)7-9-16-13/h2,4-5,7,9,15-16H,3,6,8,10H2,1H3. The van der Waals surface area contributed by atoms with Gasteiger partial charge in [-0.2, -0.15) is 0 Å². The van der Waals surface area contributed by atoms with E-state index in [0.717, 1.165) is 25.0 Å². The van der Waals surface area contributed by atoms with Crippen molar-refractivity contribution in [2.45, 2.75) is 19.4 Å². The van der Waals surface area contributed by atoms with E-state index in [9.17, 15) is 4.79 Å². The maximum absolute atomic E-state index is 10.9. The molecule has 1 heterocycles. The number of ether oxygens (including phenoxy) is 1. The highest BCUT2D eigenvalue weighted by atomic mass is 16.5. The molecule has 0 saturated heterocycles. The van der Waals surface area contributed by atoms with Crippen molar-refractivity contribution in [1.82, 2.24) is 10.3 Å². The van der Waals surface area contributed by atoms with E-state index in [-0.39, 0.29) is 5.97 Å². The summed E-state index contributed by atoms with van der Waals surface area (Å²) in [5, 5.41) is 4.59. The number of esters is 1. The Kier molecular flexibility index (Phi) is 4.36. The molecule has 0 aliphatic carbocycles. The van der Waals surface area contributed by atoms with Crippen molar-refractivity contribution in [1.29, 1.82) is 0 Å². The first-order chi connectivity index (χ1) is 8.81. The maximum Gasteiger partial charge on any atom is 0.305 e. The van der Waals surface area contributed by atoms with Gasteiger partial charge in [0.15, 0.2) is 0 Å². The number of methoxy groups -OCH3 is 1. The van der Waals surface area contributed by atoms with Crippen molar-refractivity contribution < 1.29 is 9.53 Å². The van der Waals surface area contributed by atoms with Crippen molar-refractivity contribution in [3.8, 4) is 0 Å². The van der Waals surface area contributed by atoms with Crippen LogP contribution in [0.1, 0.15) is 18.4 Å². The lowest BCUT2D eigenvalue weighted by molar-refractivity contribution is -0.140. The predicted octanol–water partition coefficient (Wildman–Crippen LogP) is 2.21. The molecule has 4 nitrogen and oxygen atoms in total. The first-order valence-electron chi connectivity index (χ1n) is 6.14. The van der Waals surface area contributed by atoms with Gasteiger partial charge in [-0.25, -0.2) is 0 Å². The molecule has 0 unspecified atom stereocenters. The lowest BCUT2D eigenvalue weighted by Crippen LogP contribution is -2.16. The normalized spacial score (nSPS) is 10.7. The molecule has 0 fully saturated rings. The largest absolute Gasteiger partial charge is 0.469 e. The SMILES string of the molecule is COC(=O)CCCNCc1cccc2[nH]ccc12. The number of aromatic nitrogens is 1. The summed E-state index contributed by atoms with van der Waals surface area (Å²) < 4.78 is 4.59. The zero-order chi connectivity index (χ0) is 12.8. The monoisotopic (exact) mass is 246 g/mol. The molecule has 0 spiro atoms. The number of H-pyrrole nitrogens is 1. The van der Waals surface area contributed by atoms with Crippen LogP contribution < -0.4 is 5.32 Å². The Morgan fingerprint density at radius 3 is 3.11 bits per heavy atom. The number of carbonyl (C=O) groups is 1. The molecular weight excluding hydrogens is 228 g/mol. The Morgan fingerprint density at radius 1 is 1.39 bits per heavy atom. The Bertz CT molecular complexity index is 519. The van der Waals surface area contributed by atoms with Crippen LogP contribution in [-0.2, 0) is 16.1 Å². The second-order valence-electron chi connectivity index (χ2n) is 4.21. The lowest BCUT2D eigenvalue weighted by atomic mass is 10.1. The Morgan fingerprint density at radius 2 is 2.28 bits per heavy atom. The summed E-state index contributed by atoms with van der Waals surface area (Å²) in [5.41, 5.74) is 2.43. The number of rotatable bonds is 6. The highest BCUT2D eigenvalue weighted by Gasteiger charge is 2.02. The summed E-state index contributed by atoms with van der Waals surface area (Å²) in [6.45, 7) is 1.63. The third kappa shape index (κ3) is 3.11. The zero-order valence-corrected chi connectivity index (χ0v) is 10.5. The van der Waals surface area contributed by atoms with E-state index in [2.05, 4.69) is 33.2 Å². The van der Waals surface area contributed by atoms with Crippen molar-refractivity contribution in [3.63, 3.8) is 0 Å². The summed E-state index contributed by atoms with van der Waals surface area (Å²) in [4.78, 5) is 14.1. The molecule has 2 N–H and O–H groups in total. The molecular formula is C14H18N2O2. The second-order valence-corrected chi connectivity index (χ2v) is 4.21. The average molecular weight is 246 g/mol. The van der Waals surface area contributed by atoms with Crippen LogP contribution in [0, 0.1) is 0 Å². The minimum atomic E-state index is -0.149. The molecule has 0 atom stereocenters. The zero-order valence-electron chi connectivity index (χ0n) is 10.5. The van der Waals surface area contributed by atoms with Crippen LogP contribution in [0.25, 0.3) is 10.9 Å². The molecule has 0 aliphatic heterocycles. The van der Waals surface area contributed by atoms with Crippen LogP contribution in [0.4, 0.5) is 0 Å². The van der Waals surface area contributed by atoms with Crippen LogP contribution in [-0.4, -0.2) is 24.6 Å². The van der Waals surface area contributed by atoms with Gasteiger partial charge in [-0.15, -0.1) is 0 Å². The van der Waals surface area contributed by atoms with Crippen molar-refractivity contribution in [2.75, 3.05) is 13.7 Å². The van der Waals surface area contributed by atoms with Gasteiger partial charge in [0.2, 0.25) is 0 Å². The van der Waals surface area contributed by atoms with Gasteiger partial charge in [-0.1, -0.05) is 12.1 Å². The smallest absolute Gasteiger partial charge is 0.305 e. The van der Waals surface area contributed by atoms with Crippen LogP contribution >= 0.6 is 0 Å². The van der Waals surface area contributed by atoms with Gasteiger partial charge in [0.1, 0.15) is 0 Å². The van der Waals surface area contributed by atoms with Crippen LogP contribution in [0.2, 0.25) is 0 Å². The fraction of sp³-hybridized carbons (Fsp3) is 0.357. The van der Waals surface area contributed by atoms with Gasteiger partial charge in [-0.05, 0) is 30.7 Å². The number of benzene rings is 1. The Labute approximate surface area is 106 Å². The molecule has 18 heavy (non-hydrogen) atoms. The summed E-state index contributed by atoms with van der Waals surface area (Å²) >= 11 is 0. The number of hydrogen-bond donors (Lipinski definition) is 2. The Balaban J connectivity index is 1.80. The first kappa shape index (κ1) is 12.6. The molecule has 0 radical (unpaired) electrons. The molecule has 0 bridgehead atoms. The molecule has 2 aromatic rings. The van der Waals surface area contributed by atoms with E-state index in [0.29, 0.717) is 6.42 Å². The van der Waals surface area contributed by atoms with E-state index >= 15 is 0 Å². The third-order valence-electron chi connectivity index (χ3n) is 2.96. The van der Waals surface area contributed by atoms with Crippen LogP contribution in [0.15, 0.2) is 30.5 Å². The van der Waals surface area contributed by atoms with E-state index < -0.39 is 0 Å². The van der Waals surface area contributed by atoms with Crippen LogP contribution in [0.5, 0.6) is 0 Å². The molecule has 0 saturated carbocycles. The minimum absolute atomic E-state index is 0.149. The van der Waals surface area contributed by atoms with E-state index in [1.165, 1.54) is 18.1 Å². The molecule has 1 aromatic heterocycles. The summed E-state index contributed by atoms with van der Waals surface area (Å²) in [6, 6.07) is 8.31. The summed E-state index contributed by atoms with van der Waals surface area (Å²) in [7, 11) is 1.42. The fourth-order valence-corrected chi connectivity index (χ4v) is 1.99. The summed E-state index contributed by atoms with van der Waals surface area (Å²) in [6.07, 6.45) is 3.22. The average Bonchev–Trinajstić information content (AvgIpc) is 2.87. The summed E-state index contributed by atoms with van der Waals surface area (Å²) in [5.74, 6) is -0.149. The molecule has 1 aromatic carbocycles. The topological polar surface area (TPSA) is 54.1 Å². The van der Waals surface area contributed by atoms with Crippen LogP contribution in [0.3, 0.4) is 0 Å². The van der Waals surface area contributed by atoms with E-state index in [1.54, 1.807) is 0 Å². The van der Waals surface area contributed by atoms with Gasteiger partial charge in [0.05, 0.1) is 7.11 Å². The second kappa shape index (κ2) is 6.21. The van der Waals surface area contributed by atoms with Gasteiger partial charge in [0, 0.05) is 30.1 Å². The molecule has 2 rings (SSSR count). The lowest BCUT2D eigenvalue weighted by Gasteiger charge is -2.06. The van der Waals surface area contributed by atoms with Gasteiger partial charge < -0.3 is 15.0 Å². The number of hydrogen-bond acceptors (Lipinski definition) is 3. The number of aromatic amines is 1. The van der Waals surface area contributed by atoms with Crippen molar-refractivity contribution in [2.24, 2.45) is 0 Å². The molecule has 96 valence electrons.